The van der Waals surface area contributed by atoms with Gasteiger partial charge in [-0.25, -0.2) is 0 Å². The third-order valence-electron chi connectivity index (χ3n) is 3.46. The van der Waals surface area contributed by atoms with Gasteiger partial charge in [0.2, 0.25) is 0 Å². The van der Waals surface area contributed by atoms with Crippen LogP contribution in [0.1, 0.15) is 34.6 Å². The first-order valence-electron chi connectivity index (χ1n) is 7.06. The molecule has 114 valence electrons. The minimum absolute atomic E-state index is 0.0630. The zero-order chi connectivity index (χ0) is 15.4. The van der Waals surface area contributed by atoms with E-state index in [4.69, 9.17) is 4.74 Å². The van der Waals surface area contributed by atoms with E-state index in [-0.39, 0.29) is 18.8 Å². The van der Waals surface area contributed by atoms with Crippen LogP contribution >= 0.6 is 0 Å². The van der Waals surface area contributed by atoms with Crippen molar-refractivity contribution in [1.29, 1.82) is 0 Å². The van der Waals surface area contributed by atoms with Crippen LogP contribution in [-0.4, -0.2) is 39.0 Å². The standard InChI is InChI=1S/C14H15N5O3/c20-12(6-7-15-14(21)13-16-18-19-17-13)22-11-5-4-9-2-1-3-10(9)8-11/h4-5,8H,1-3,6-7H2,(H,15,21)(H,16,17,18,19). The maximum atomic E-state index is 11.8. The number of aromatic amines is 1. The maximum absolute atomic E-state index is 11.8. The lowest BCUT2D eigenvalue weighted by molar-refractivity contribution is -0.134. The van der Waals surface area contributed by atoms with Crippen LogP contribution in [0.2, 0.25) is 0 Å². The number of carbonyl (C=O) groups excluding carboxylic acids is 2. The number of aryl methyl sites for hydroxylation is 2. The lowest BCUT2D eigenvalue weighted by Crippen LogP contribution is -2.28. The summed E-state index contributed by atoms with van der Waals surface area (Å²) in [6.45, 7) is 0.150. The molecule has 0 fully saturated rings. The van der Waals surface area contributed by atoms with Gasteiger partial charge in [-0.1, -0.05) is 6.07 Å². The number of ether oxygens (including phenoxy) is 1. The number of hydrogen-bond acceptors (Lipinski definition) is 6. The van der Waals surface area contributed by atoms with Crippen molar-refractivity contribution in [3.8, 4) is 5.75 Å². The molecule has 1 aromatic carbocycles. The van der Waals surface area contributed by atoms with Gasteiger partial charge in [-0.3, -0.25) is 9.59 Å². The van der Waals surface area contributed by atoms with E-state index in [1.807, 2.05) is 12.1 Å². The number of carbonyl (C=O) groups is 2. The lowest BCUT2D eigenvalue weighted by atomic mass is 10.1. The third-order valence-corrected chi connectivity index (χ3v) is 3.46. The lowest BCUT2D eigenvalue weighted by Gasteiger charge is -2.07. The van der Waals surface area contributed by atoms with Crippen LogP contribution in [-0.2, 0) is 17.6 Å². The van der Waals surface area contributed by atoms with E-state index in [2.05, 4.69) is 25.9 Å². The molecule has 0 bridgehead atoms. The van der Waals surface area contributed by atoms with Crippen LogP contribution in [0.4, 0.5) is 0 Å². The summed E-state index contributed by atoms with van der Waals surface area (Å²) in [5.41, 5.74) is 2.57. The Morgan fingerprint density at radius 2 is 2.14 bits per heavy atom. The Hall–Kier alpha value is -2.77. The molecule has 0 saturated carbocycles. The Balaban J connectivity index is 1.45. The molecule has 2 N–H and O–H groups in total. The molecule has 1 aliphatic rings. The van der Waals surface area contributed by atoms with Crippen LogP contribution in [0.5, 0.6) is 5.75 Å². The summed E-state index contributed by atoms with van der Waals surface area (Å²) in [6.07, 6.45) is 3.34. The summed E-state index contributed by atoms with van der Waals surface area (Å²) in [6, 6.07) is 5.72. The van der Waals surface area contributed by atoms with Crippen LogP contribution in [0, 0.1) is 0 Å². The molecule has 2 aromatic rings. The highest BCUT2D eigenvalue weighted by atomic mass is 16.5. The first-order chi connectivity index (χ1) is 10.7. The monoisotopic (exact) mass is 301 g/mol. The van der Waals surface area contributed by atoms with Crippen molar-refractivity contribution < 1.29 is 14.3 Å². The van der Waals surface area contributed by atoms with E-state index >= 15 is 0 Å². The number of fused-ring (bicyclic) bond motifs is 1. The fourth-order valence-corrected chi connectivity index (χ4v) is 2.41. The molecule has 1 heterocycles. The van der Waals surface area contributed by atoms with Crippen molar-refractivity contribution in [2.45, 2.75) is 25.7 Å². The van der Waals surface area contributed by atoms with Gasteiger partial charge < -0.3 is 10.1 Å². The molecule has 0 unspecified atom stereocenters. The second-order valence-electron chi connectivity index (χ2n) is 5.00. The van der Waals surface area contributed by atoms with Crippen molar-refractivity contribution >= 4 is 11.9 Å². The quantitative estimate of drug-likeness (QED) is 0.611. The topological polar surface area (TPSA) is 110 Å². The van der Waals surface area contributed by atoms with E-state index in [1.54, 1.807) is 6.07 Å². The number of nitrogens with one attached hydrogen (secondary N) is 2. The van der Waals surface area contributed by atoms with Gasteiger partial charge in [-0.15, -0.1) is 10.2 Å². The molecule has 0 saturated heterocycles. The molecular formula is C14H15N5O3. The molecule has 0 atom stereocenters. The second kappa shape index (κ2) is 6.33. The van der Waals surface area contributed by atoms with Crippen LogP contribution < -0.4 is 10.1 Å². The predicted molar refractivity (Wildman–Crippen MR) is 75.2 cm³/mol. The minimum atomic E-state index is -0.487. The fraction of sp³-hybridized carbons (Fsp3) is 0.357. The van der Waals surface area contributed by atoms with Crippen molar-refractivity contribution in [3.63, 3.8) is 0 Å². The zero-order valence-electron chi connectivity index (χ0n) is 11.8. The Kier molecular flexibility index (Phi) is 4.08. The van der Waals surface area contributed by atoms with Gasteiger partial charge >= 0.3 is 5.97 Å². The number of H-pyrrole nitrogens is 1. The number of nitrogens with zero attached hydrogens (tertiary/aromatic N) is 3. The van der Waals surface area contributed by atoms with Crippen molar-refractivity contribution in [2.24, 2.45) is 0 Å². The number of benzene rings is 1. The normalized spacial score (nSPS) is 12.7. The fourth-order valence-electron chi connectivity index (χ4n) is 2.41. The number of rotatable bonds is 5. The summed E-state index contributed by atoms with van der Waals surface area (Å²) in [5, 5.41) is 15.1. The van der Waals surface area contributed by atoms with Gasteiger partial charge in [0.15, 0.2) is 0 Å². The van der Waals surface area contributed by atoms with Gasteiger partial charge in [0.25, 0.3) is 11.7 Å². The zero-order valence-corrected chi connectivity index (χ0v) is 11.8. The summed E-state index contributed by atoms with van der Waals surface area (Å²) in [5.74, 6) is -0.396. The van der Waals surface area contributed by atoms with Crippen LogP contribution in [0.25, 0.3) is 0 Å². The number of tetrazole rings is 1. The highest BCUT2D eigenvalue weighted by molar-refractivity contribution is 5.90. The summed E-state index contributed by atoms with van der Waals surface area (Å²) in [4.78, 5) is 23.3. The molecule has 0 radical (unpaired) electrons. The Morgan fingerprint density at radius 3 is 2.95 bits per heavy atom. The molecule has 3 rings (SSSR count). The van der Waals surface area contributed by atoms with E-state index in [1.165, 1.54) is 11.1 Å². The first kappa shape index (κ1) is 14.2. The number of aromatic nitrogens is 4. The molecule has 1 amide bonds. The number of amides is 1. The Morgan fingerprint density at radius 1 is 1.27 bits per heavy atom. The van der Waals surface area contributed by atoms with Crippen molar-refractivity contribution in [1.82, 2.24) is 25.9 Å². The summed E-state index contributed by atoms with van der Waals surface area (Å²) < 4.78 is 5.27. The van der Waals surface area contributed by atoms with Gasteiger partial charge in [0.1, 0.15) is 5.75 Å². The average Bonchev–Trinajstić information content (AvgIpc) is 3.18. The molecule has 8 heteroatoms. The summed E-state index contributed by atoms with van der Waals surface area (Å²) >= 11 is 0. The summed E-state index contributed by atoms with van der Waals surface area (Å²) in [7, 11) is 0. The van der Waals surface area contributed by atoms with E-state index < -0.39 is 11.9 Å². The third kappa shape index (κ3) is 3.27. The average molecular weight is 301 g/mol. The largest absolute Gasteiger partial charge is 0.426 e. The van der Waals surface area contributed by atoms with Crippen LogP contribution in [0.15, 0.2) is 18.2 Å². The van der Waals surface area contributed by atoms with Gasteiger partial charge in [0, 0.05) is 6.54 Å². The number of hydrogen-bond donors (Lipinski definition) is 2. The van der Waals surface area contributed by atoms with E-state index in [0.29, 0.717) is 5.75 Å². The predicted octanol–water partition coefficient (Wildman–Crippen LogP) is 0.414. The molecule has 1 aliphatic carbocycles. The van der Waals surface area contributed by atoms with Gasteiger partial charge in [-0.2, -0.15) is 5.21 Å². The van der Waals surface area contributed by atoms with Crippen molar-refractivity contribution in [2.75, 3.05) is 6.54 Å². The number of esters is 1. The molecule has 0 spiro atoms. The molecule has 1 aromatic heterocycles. The molecular weight excluding hydrogens is 286 g/mol. The molecule has 8 nitrogen and oxygen atoms in total. The second-order valence-corrected chi connectivity index (χ2v) is 5.00. The Labute approximate surface area is 126 Å². The highest BCUT2D eigenvalue weighted by Gasteiger charge is 2.14. The van der Waals surface area contributed by atoms with Crippen molar-refractivity contribution in [3.05, 3.63) is 35.2 Å². The minimum Gasteiger partial charge on any atom is -0.426 e. The smallest absolute Gasteiger partial charge is 0.312 e. The van der Waals surface area contributed by atoms with Crippen LogP contribution in [0.3, 0.4) is 0 Å². The Bertz CT molecular complexity index is 684. The van der Waals surface area contributed by atoms with Gasteiger partial charge in [0.05, 0.1) is 6.42 Å². The van der Waals surface area contributed by atoms with E-state index in [9.17, 15) is 9.59 Å². The first-order valence-corrected chi connectivity index (χ1v) is 7.06. The molecule has 0 aliphatic heterocycles. The SMILES string of the molecule is O=C(CCNC(=O)c1nn[nH]n1)Oc1ccc2c(c1)CCC2. The highest BCUT2D eigenvalue weighted by Crippen LogP contribution is 2.26. The maximum Gasteiger partial charge on any atom is 0.312 e. The molecule has 22 heavy (non-hydrogen) atoms. The van der Waals surface area contributed by atoms with E-state index in [0.717, 1.165) is 19.3 Å². The van der Waals surface area contributed by atoms with Gasteiger partial charge in [-0.05, 0) is 47.7 Å².